The second-order valence-corrected chi connectivity index (χ2v) is 9.83. The molecule has 0 unspecified atom stereocenters. The maximum Gasteiger partial charge on any atom is 0.404 e. The van der Waals surface area contributed by atoms with Crippen LogP contribution in [0.2, 0.25) is 5.02 Å². The first-order valence-electron chi connectivity index (χ1n) is 10.9. The van der Waals surface area contributed by atoms with Gasteiger partial charge in [0.2, 0.25) is 11.8 Å². The Balaban J connectivity index is 1.71. The topological polar surface area (TPSA) is 90.0 Å². The number of hydrogen-bond donors (Lipinski definition) is 2. The molecule has 31 heavy (non-hydrogen) atoms. The van der Waals surface area contributed by atoms with E-state index in [2.05, 4.69) is 5.32 Å². The van der Waals surface area contributed by atoms with E-state index in [4.69, 9.17) is 16.7 Å². The summed E-state index contributed by atoms with van der Waals surface area (Å²) in [6.45, 7) is 8.34. The van der Waals surface area contributed by atoms with Crippen molar-refractivity contribution in [2.24, 2.45) is 17.3 Å². The Morgan fingerprint density at radius 3 is 2.32 bits per heavy atom. The van der Waals surface area contributed by atoms with E-state index >= 15 is 0 Å². The molecule has 170 valence electrons. The van der Waals surface area contributed by atoms with Gasteiger partial charge in [-0.05, 0) is 30.5 Å². The van der Waals surface area contributed by atoms with Gasteiger partial charge >= 0.3 is 6.09 Å². The summed E-state index contributed by atoms with van der Waals surface area (Å²) in [5, 5.41) is 12.3. The molecule has 0 radical (unpaired) electrons. The summed E-state index contributed by atoms with van der Waals surface area (Å²) in [4.78, 5) is 40.4. The third-order valence-corrected chi connectivity index (χ3v) is 6.93. The molecule has 2 atom stereocenters. The Morgan fingerprint density at radius 1 is 1.16 bits per heavy atom. The van der Waals surface area contributed by atoms with Crippen molar-refractivity contribution in [3.63, 3.8) is 0 Å². The molecular weight excluding hydrogens is 418 g/mol. The highest BCUT2D eigenvalue weighted by atomic mass is 35.5. The fraction of sp³-hybridized carbons (Fsp3) is 0.609. The number of amides is 3. The van der Waals surface area contributed by atoms with Gasteiger partial charge in [0.15, 0.2) is 0 Å². The van der Waals surface area contributed by atoms with Crippen LogP contribution in [0, 0.1) is 17.3 Å². The molecule has 2 N–H and O–H groups in total. The number of nitrogens with zero attached hydrogens (tertiary/aromatic N) is 2. The van der Waals surface area contributed by atoms with Gasteiger partial charge < -0.3 is 20.2 Å². The molecule has 7 nitrogen and oxygen atoms in total. The van der Waals surface area contributed by atoms with Crippen LogP contribution in [0.15, 0.2) is 24.3 Å². The number of likely N-dealkylation sites (tertiary alicyclic amines) is 2. The van der Waals surface area contributed by atoms with Crippen LogP contribution in [-0.4, -0.2) is 65.5 Å². The number of benzene rings is 1. The summed E-state index contributed by atoms with van der Waals surface area (Å²) in [7, 11) is 0. The molecule has 0 saturated carbocycles. The molecule has 2 fully saturated rings. The second kappa shape index (κ2) is 9.47. The van der Waals surface area contributed by atoms with Crippen LogP contribution in [0.4, 0.5) is 4.79 Å². The Kier molecular flexibility index (Phi) is 7.14. The smallest absolute Gasteiger partial charge is 0.404 e. The van der Waals surface area contributed by atoms with E-state index in [9.17, 15) is 14.4 Å². The normalized spacial score (nSPS) is 24.5. The zero-order valence-corrected chi connectivity index (χ0v) is 19.2. The first-order chi connectivity index (χ1) is 14.6. The van der Waals surface area contributed by atoms with E-state index in [-0.39, 0.29) is 36.1 Å². The van der Waals surface area contributed by atoms with Crippen molar-refractivity contribution >= 4 is 29.5 Å². The van der Waals surface area contributed by atoms with E-state index in [1.165, 1.54) is 0 Å². The molecule has 2 aliphatic heterocycles. The highest BCUT2D eigenvalue weighted by Gasteiger charge is 2.46. The van der Waals surface area contributed by atoms with Gasteiger partial charge in [0.05, 0.1) is 0 Å². The molecule has 1 aromatic rings. The minimum atomic E-state index is -1.07. The molecule has 2 aliphatic rings. The first kappa shape index (κ1) is 23.4. The summed E-state index contributed by atoms with van der Waals surface area (Å²) in [6, 6.07) is 7.56. The number of carbonyl (C=O) groups is 3. The molecule has 0 aliphatic carbocycles. The van der Waals surface area contributed by atoms with Crippen LogP contribution in [-0.2, 0) is 9.59 Å². The van der Waals surface area contributed by atoms with Crippen LogP contribution in [0.3, 0.4) is 0 Å². The Bertz CT molecular complexity index is 821. The Hall–Kier alpha value is -2.28. The molecule has 3 rings (SSSR count). The molecular formula is C23H32ClN3O4. The van der Waals surface area contributed by atoms with Crippen LogP contribution in [0.5, 0.6) is 0 Å². The number of halogens is 1. The third-order valence-electron chi connectivity index (χ3n) is 6.67. The third kappa shape index (κ3) is 5.32. The van der Waals surface area contributed by atoms with Crippen molar-refractivity contribution in [2.75, 3.05) is 32.7 Å². The van der Waals surface area contributed by atoms with Gasteiger partial charge in [0.25, 0.3) is 0 Å². The molecule has 8 heteroatoms. The molecule has 0 bridgehead atoms. The second-order valence-electron chi connectivity index (χ2n) is 9.39. The van der Waals surface area contributed by atoms with Crippen LogP contribution < -0.4 is 5.32 Å². The standard InChI is InChI=1S/C23H32ClN3O4/c1-15(2)20(28)26-10-8-17(9-11-26)21(29)27-12-19(16-4-6-18(24)7-5-16)23(3,14-27)13-25-22(30)31/h4-7,15,17,19,25H,8-14H2,1-3H3,(H,30,31)/t19-,23+/m0/s1. The van der Waals surface area contributed by atoms with Gasteiger partial charge in [-0.3, -0.25) is 9.59 Å². The van der Waals surface area contributed by atoms with Crippen molar-refractivity contribution in [1.29, 1.82) is 0 Å². The minimum Gasteiger partial charge on any atom is -0.465 e. The first-order valence-corrected chi connectivity index (χ1v) is 11.3. The molecule has 3 amide bonds. The average Bonchev–Trinajstić information content (AvgIpc) is 3.09. The fourth-order valence-corrected chi connectivity index (χ4v) is 4.98. The van der Waals surface area contributed by atoms with Crippen LogP contribution in [0.1, 0.15) is 45.1 Å². The van der Waals surface area contributed by atoms with Crippen LogP contribution in [0.25, 0.3) is 0 Å². The summed E-state index contributed by atoms with van der Waals surface area (Å²) in [5.41, 5.74) is 0.627. The van der Waals surface area contributed by atoms with Gasteiger partial charge in [0, 0.05) is 60.9 Å². The SMILES string of the molecule is CC(C)C(=O)N1CCC(C(=O)N2C[C@@H](c3ccc(Cl)cc3)[C@](C)(CNC(=O)O)C2)CC1. The molecule has 0 aromatic heterocycles. The minimum absolute atomic E-state index is 0.00294. The van der Waals surface area contributed by atoms with Gasteiger partial charge in [0.1, 0.15) is 0 Å². The molecule has 2 heterocycles. The lowest BCUT2D eigenvalue weighted by Gasteiger charge is -2.34. The molecule has 1 aromatic carbocycles. The van der Waals surface area contributed by atoms with Gasteiger partial charge in [-0.25, -0.2) is 4.79 Å². The fourth-order valence-electron chi connectivity index (χ4n) is 4.85. The average molecular weight is 450 g/mol. The number of nitrogens with one attached hydrogen (secondary N) is 1. The summed E-state index contributed by atoms with van der Waals surface area (Å²) in [5.74, 6) is 0.116. The maximum atomic E-state index is 13.3. The van der Waals surface area contributed by atoms with Crippen molar-refractivity contribution in [3.05, 3.63) is 34.9 Å². The van der Waals surface area contributed by atoms with Crippen LogP contribution >= 0.6 is 11.6 Å². The van der Waals surface area contributed by atoms with E-state index in [0.717, 1.165) is 5.56 Å². The van der Waals surface area contributed by atoms with Crippen molar-refractivity contribution < 1.29 is 19.5 Å². The summed E-state index contributed by atoms with van der Waals surface area (Å²) >= 11 is 6.04. The highest BCUT2D eigenvalue weighted by molar-refractivity contribution is 6.30. The van der Waals surface area contributed by atoms with Crippen molar-refractivity contribution in [1.82, 2.24) is 15.1 Å². The zero-order valence-electron chi connectivity index (χ0n) is 18.4. The largest absolute Gasteiger partial charge is 0.465 e. The Morgan fingerprint density at radius 2 is 1.77 bits per heavy atom. The van der Waals surface area contributed by atoms with Crippen molar-refractivity contribution in [2.45, 2.75) is 39.5 Å². The van der Waals surface area contributed by atoms with Gasteiger partial charge in [-0.1, -0.05) is 44.5 Å². The zero-order chi connectivity index (χ0) is 22.8. The summed E-state index contributed by atoms with van der Waals surface area (Å²) < 4.78 is 0. The van der Waals surface area contributed by atoms with E-state index in [1.54, 1.807) is 0 Å². The predicted molar refractivity (Wildman–Crippen MR) is 119 cm³/mol. The number of carbonyl (C=O) groups excluding carboxylic acids is 2. The van der Waals surface area contributed by atoms with Gasteiger partial charge in [-0.15, -0.1) is 0 Å². The lowest BCUT2D eigenvalue weighted by Crippen LogP contribution is -2.45. The lowest BCUT2D eigenvalue weighted by atomic mass is 9.76. The van der Waals surface area contributed by atoms with Gasteiger partial charge in [-0.2, -0.15) is 0 Å². The molecule has 2 saturated heterocycles. The monoisotopic (exact) mass is 449 g/mol. The number of hydrogen-bond acceptors (Lipinski definition) is 3. The highest BCUT2D eigenvalue weighted by Crippen LogP contribution is 2.43. The van der Waals surface area contributed by atoms with E-state index < -0.39 is 11.5 Å². The summed E-state index contributed by atoms with van der Waals surface area (Å²) in [6.07, 6.45) is 0.274. The maximum absolute atomic E-state index is 13.3. The Labute approximate surface area is 188 Å². The number of carboxylic acid groups (broad SMARTS) is 1. The lowest BCUT2D eigenvalue weighted by molar-refractivity contribution is -0.141. The van der Waals surface area contributed by atoms with E-state index in [0.29, 0.717) is 44.0 Å². The predicted octanol–water partition coefficient (Wildman–Crippen LogP) is 3.43. The van der Waals surface area contributed by atoms with Crippen molar-refractivity contribution in [3.8, 4) is 0 Å². The van der Waals surface area contributed by atoms with E-state index in [1.807, 2.05) is 54.8 Å². The number of piperidine rings is 1. The quantitative estimate of drug-likeness (QED) is 0.720. The molecule has 0 spiro atoms. The number of rotatable bonds is 5.